The molecule has 0 unspecified atom stereocenters. The smallest absolute Gasteiger partial charge is 0.303 e. The van der Waals surface area contributed by atoms with E-state index in [-0.39, 0.29) is 24.0 Å². The Kier molecular flexibility index (Phi) is 9.48. The van der Waals surface area contributed by atoms with Gasteiger partial charge in [-0.05, 0) is 38.7 Å². The molecule has 4 nitrogen and oxygen atoms in total. The first-order valence-corrected chi connectivity index (χ1v) is 8.39. The van der Waals surface area contributed by atoms with E-state index in [1.54, 1.807) is 19.1 Å². The third-order valence-electron chi connectivity index (χ3n) is 3.93. The number of rotatable bonds is 10. The number of carboxylic acid groups (broad SMARTS) is 1. The third-order valence-corrected chi connectivity index (χ3v) is 3.93. The van der Waals surface area contributed by atoms with Crippen LogP contribution in [-0.4, -0.2) is 28.1 Å². The summed E-state index contributed by atoms with van der Waals surface area (Å²) in [5.41, 5.74) is 0. The van der Waals surface area contributed by atoms with Crippen molar-refractivity contribution in [2.24, 2.45) is 11.8 Å². The molecular formula is C20H26O4. The number of unbranched alkanes of at least 4 members (excludes halogenated alkanes) is 1. The van der Waals surface area contributed by atoms with E-state index in [1.165, 1.54) is 0 Å². The Morgan fingerprint density at radius 3 is 2.92 bits per heavy atom. The minimum atomic E-state index is -0.785. The van der Waals surface area contributed by atoms with Gasteiger partial charge in [0, 0.05) is 24.7 Å². The molecule has 0 aromatic carbocycles. The third kappa shape index (κ3) is 7.94. The molecule has 0 spiro atoms. The number of aliphatic hydroxyl groups excluding tert-OH is 1. The maximum atomic E-state index is 11.9. The van der Waals surface area contributed by atoms with Crippen molar-refractivity contribution in [2.45, 2.75) is 51.6 Å². The van der Waals surface area contributed by atoms with Crippen LogP contribution >= 0.6 is 0 Å². The van der Waals surface area contributed by atoms with Gasteiger partial charge in [-0.15, -0.1) is 11.8 Å². The highest BCUT2D eigenvalue weighted by molar-refractivity contribution is 5.95. The molecule has 0 aromatic rings. The maximum absolute atomic E-state index is 11.9. The minimum absolute atomic E-state index is 0.00748. The number of hydrogen-bond donors (Lipinski definition) is 2. The molecule has 0 bridgehead atoms. The summed E-state index contributed by atoms with van der Waals surface area (Å²) in [7, 11) is 0. The summed E-state index contributed by atoms with van der Waals surface area (Å²) >= 11 is 0. The van der Waals surface area contributed by atoms with E-state index in [0.29, 0.717) is 32.1 Å². The van der Waals surface area contributed by atoms with Gasteiger partial charge in [-0.2, -0.15) is 0 Å². The van der Waals surface area contributed by atoms with Crippen molar-refractivity contribution >= 4 is 11.8 Å². The van der Waals surface area contributed by atoms with Gasteiger partial charge in [-0.25, -0.2) is 0 Å². The summed E-state index contributed by atoms with van der Waals surface area (Å²) < 4.78 is 0. The summed E-state index contributed by atoms with van der Waals surface area (Å²) in [5, 5.41) is 18.5. The monoisotopic (exact) mass is 330 g/mol. The van der Waals surface area contributed by atoms with Gasteiger partial charge in [0.25, 0.3) is 0 Å². The summed E-state index contributed by atoms with van der Waals surface area (Å²) in [5.74, 6) is 4.91. The maximum Gasteiger partial charge on any atom is 0.303 e. The van der Waals surface area contributed by atoms with Crippen LogP contribution in [-0.2, 0) is 9.59 Å². The van der Waals surface area contributed by atoms with Crippen molar-refractivity contribution in [1.29, 1.82) is 0 Å². The number of aliphatic carboxylic acids is 1. The molecule has 0 fully saturated rings. The lowest BCUT2D eigenvalue weighted by Crippen LogP contribution is -2.14. The van der Waals surface area contributed by atoms with E-state index < -0.39 is 12.1 Å². The largest absolute Gasteiger partial charge is 0.481 e. The Bertz CT molecular complexity index is 560. The zero-order chi connectivity index (χ0) is 17.8. The van der Waals surface area contributed by atoms with Gasteiger partial charge in [0.05, 0.1) is 6.10 Å². The molecule has 0 heterocycles. The fourth-order valence-electron chi connectivity index (χ4n) is 2.55. The summed E-state index contributed by atoms with van der Waals surface area (Å²) in [6.45, 7) is 1.77. The van der Waals surface area contributed by atoms with E-state index in [9.17, 15) is 14.7 Å². The standard InChI is InChI=1S/C20H26O4/c1-2-3-6-9-17(21)14-12-16-13-15-19(22)18(16)10-7-4-5-8-11-20(23)24/h4,7,12-18,21H,5-6,8-11H2,1H3,(H,23,24)/t16-,17-,18+/m0/s1. The molecule has 0 amide bonds. The molecule has 3 atom stereocenters. The quantitative estimate of drug-likeness (QED) is 0.366. The lowest BCUT2D eigenvalue weighted by atomic mass is 9.90. The normalized spacial score (nSPS) is 21.3. The van der Waals surface area contributed by atoms with E-state index in [0.717, 1.165) is 0 Å². The van der Waals surface area contributed by atoms with Crippen LogP contribution < -0.4 is 0 Å². The molecule has 0 aliphatic heterocycles. The number of carboxylic acids is 1. The molecule has 1 aliphatic carbocycles. The van der Waals surface area contributed by atoms with Crippen LogP contribution in [0.3, 0.4) is 0 Å². The molecule has 1 rings (SSSR count). The topological polar surface area (TPSA) is 74.6 Å². The van der Waals surface area contributed by atoms with Gasteiger partial charge in [0.15, 0.2) is 5.78 Å². The van der Waals surface area contributed by atoms with Crippen molar-refractivity contribution < 1.29 is 19.8 Å². The average Bonchev–Trinajstić information content (AvgIpc) is 2.89. The minimum Gasteiger partial charge on any atom is -0.481 e. The van der Waals surface area contributed by atoms with Crippen LogP contribution in [0.25, 0.3) is 0 Å². The Morgan fingerprint density at radius 1 is 1.42 bits per heavy atom. The zero-order valence-electron chi connectivity index (χ0n) is 14.1. The average molecular weight is 330 g/mol. The lowest BCUT2D eigenvalue weighted by Gasteiger charge is -2.13. The Labute approximate surface area is 144 Å². The van der Waals surface area contributed by atoms with Gasteiger partial charge in [-0.1, -0.05) is 30.4 Å². The number of ketones is 1. The van der Waals surface area contributed by atoms with Crippen LogP contribution in [0.1, 0.15) is 45.4 Å². The molecule has 0 saturated carbocycles. The fraction of sp³-hybridized carbons (Fsp3) is 0.500. The molecule has 0 aromatic heterocycles. The van der Waals surface area contributed by atoms with Gasteiger partial charge < -0.3 is 10.2 Å². The van der Waals surface area contributed by atoms with Crippen molar-refractivity contribution in [3.05, 3.63) is 36.5 Å². The number of carbonyl (C=O) groups is 2. The second-order valence-corrected chi connectivity index (χ2v) is 5.86. The van der Waals surface area contributed by atoms with E-state index in [1.807, 2.05) is 24.3 Å². The van der Waals surface area contributed by atoms with Crippen molar-refractivity contribution in [1.82, 2.24) is 0 Å². The predicted octanol–water partition coefficient (Wildman–Crippen LogP) is 3.28. The molecule has 24 heavy (non-hydrogen) atoms. The van der Waals surface area contributed by atoms with Gasteiger partial charge in [0.1, 0.15) is 0 Å². The Morgan fingerprint density at radius 2 is 2.21 bits per heavy atom. The van der Waals surface area contributed by atoms with Crippen LogP contribution in [0.15, 0.2) is 36.5 Å². The Balaban J connectivity index is 2.41. The Hall–Kier alpha value is -2.12. The summed E-state index contributed by atoms with van der Waals surface area (Å²) in [4.78, 5) is 22.4. The first-order chi connectivity index (χ1) is 11.5. The molecular weight excluding hydrogens is 304 g/mol. The molecule has 4 heteroatoms. The fourth-order valence-corrected chi connectivity index (χ4v) is 2.55. The van der Waals surface area contributed by atoms with Crippen LogP contribution in [0.2, 0.25) is 0 Å². The highest BCUT2D eigenvalue weighted by Gasteiger charge is 2.27. The highest BCUT2D eigenvalue weighted by Crippen LogP contribution is 2.27. The van der Waals surface area contributed by atoms with Crippen LogP contribution in [0, 0.1) is 23.7 Å². The first-order valence-electron chi connectivity index (χ1n) is 8.39. The molecule has 0 saturated heterocycles. The molecule has 1 aliphatic rings. The molecule has 0 radical (unpaired) electrons. The number of carbonyl (C=O) groups excluding carboxylic acids is 1. The lowest BCUT2D eigenvalue weighted by molar-refractivity contribution is -0.137. The first kappa shape index (κ1) is 19.9. The summed E-state index contributed by atoms with van der Waals surface area (Å²) in [6, 6.07) is 0. The zero-order valence-corrected chi connectivity index (χ0v) is 14.1. The predicted molar refractivity (Wildman–Crippen MR) is 94.2 cm³/mol. The van der Waals surface area contributed by atoms with Crippen molar-refractivity contribution in [3.63, 3.8) is 0 Å². The van der Waals surface area contributed by atoms with Crippen molar-refractivity contribution in [3.8, 4) is 11.8 Å². The second-order valence-electron chi connectivity index (χ2n) is 5.86. The van der Waals surface area contributed by atoms with E-state index >= 15 is 0 Å². The number of aliphatic hydroxyl groups is 1. The van der Waals surface area contributed by atoms with Crippen LogP contribution in [0.4, 0.5) is 0 Å². The van der Waals surface area contributed by atoms with Gasteiger partial charge in [-0.3, -0.25) is 9.59 Å². The highest BCUT2D eigenvalue weighted by atomic mass is 16.4. The SMILES string of the molecule is CC#CCC[C@H](O)C=C[C@H]1C=CC(=O)[C@@H]1CC=CCCCC(=O)O. The van der Waals surface area contributed by atoms with E-state index in [4.69, 9.17) is 5.11 Å². The van der Waals surface area contributed by atoms with Crippen LogP contribution in [0.5, 0.6) is 0 Å². The molecule has 2 N–H and O–H groups in total. The number of hydrogen-bond acceptors (Lipinski definition) is 3. The van der Waals surface area contributed by atoms with Crippen molar-refractivity contribution in [2.75, 3.05) is 0 Å². The number of allylic oxidation sites excluding steroid dienone is 5. The van der Waals surface area contributed by atoms with Gasteiger partial charge >= 0.3 is 5.97 Å². The molecule has 130 valence electrons. The second kappa shape index (κ2) is 11.4. The summed E-state index contributed by atoms with van der Waals surface area (Å²) in [6.07, 6.45) is 13.8. The van der Waals surface area contributed by atoms with E-state index in [2.05, 4.69) is 11.8 Å². The van der Waals surface area contributed by atoms with Gasteiger partial charge in [0.2, 0.25) is 0 Å².